The van der Waals surface area contributed by atoms with Crippen molar-refractivity contribution in [1.82, 2.24) is 19.5 Å². The minimum absolute atomic E-state index is 0.0302. The van der Waals surface area contributed by atoms with E-state index in [0.717, 1.165) is 48.0 Å². The highest BCUT2D eigenvalue weighted by Crippen LogP contribution is 2.36. The maximum Gasteiger partial charge on any atom is 0.249 e. The SMILES string of the molecule is O=C(Nc1nc2c(-c3ccc(CN4CC(CCC5CC5)C4)cc3)cccn2n1)C1CC1. The number of nitrogens with one attached hydrogen (secondary N) is 1. The first-order valence-electron chi connectivity index (χ1n) is 11.7. The monoisotopic (exact) mass is 415 g/mol. The van der Waals surface area contributed by atoms with Gasteiger partial charge in [-0.2, -0.15) is 4.98 Å². The highest BCUT2D eigenvalue weighted by Gasteiger charge is 2.31. The van der Waals surface area contributed by atoms with Gasteiger partial charge in [-0.05, 0) is 54.4 Å². The Morgan fingerprint density at radius 1 is 1.00 bits per heavy atom. The maximum absolute atomic E-state index is 12.0. The molecule has 0 spiro atoms. The zero-order chi connectivity index (χ0) is 20.8. The summed E-state index contributed by atoms with van der Waals surface area (Å²) in [5.41, 5.74) is 4.27. The molecule has 1 N–H and O–H groups in total. The second-order valence-electron chi connectivity index (χ2n) is 9.67. The summed E-state index contributed by atoms with van der Waals surface area (Å²) in [7, 11) is 0. The van der Waals surface area contributed by atoms with Crippen molar-refractivity contribution in [2.75, 3.05) is 18.4 Å². The van der Waals surface area contributed by atoms with Gasteiger partial charge < -0.3 is 0 Å². The minimum Gasteiger partial charge on any atom is -0.298 e. The number of anilines is 1. The van der Waals surface area contributed by atoms with Gasteiger partial charge in [-0.25, -0.2) is 4.52 Å². The van der Waals surface area contributed by atoms with E-state index < -0.39 is 0 Å². The van der Waals surface area contributed by atoms with E-state index in [1.54, 1.807) is 4.52 Å². The largest absolute Gasteiger partial charge is 0.298 e. The fourth-order valence-electron chi connectivity index (χ4n) is 4.66. The molecule has 2 saturated carbocycles. The molecule has 0 radical (unpaired) electrons. The van der Waals surface area contributed by atoms with E-state index in [0.29, 0.717) is 5.95 Å². The summed E-state index contributed by atoms with van der Waals surface area (Å²) in [5.74, 6) is 2.53. The van der Waals surface area contributed by atoms with E-state index in [1.165, 1.54) is 44.3 Å². The topological polar surface area (TPSA) is 62.5 Å². The van der Waals surface area contributed by atoms with Crippen molar-refractivity contribution in [2.24, 2.45) is 17.8 Å². The average molecular weight is 416 g/mol. The van der Waals surface area contributed by atoms with Crippen LogP contribution in [-0.2, 0) is 11.3 Å². The van der Waals surface area contributed by atoms with Crippen LogP contribution in [0.25, 0.3) is 16.8 Å². The minimum atomic E-state index is 0.0302. The Bertz CT molecular complexity index is 1090. The number of amides is 1. The molecule has 1 aromatic carbocycles. The zero-order valence-corrected chi connectivity index (χ0v) is 17.8. The first-order chi connectivity index (χ1) is 15.2. The molecule has 0 unspecified atom stereocenters. The Kier molecular flexibility index (Phi) is 4.75. The highest BCUT2D eigenvalue weighted by molar-refractivity contribution is 5.93. The molecule has 2 aliphatic carbocycles. The van der Waals surface area contributed by atoms with Crippen molar-refractivity contribution in [3.05, 3.63) is 48.2 Å². The van der Waals surface area contributed by atoms with Crippen LogP contribution in [0.4, 0.5) is 5.95 Å². The molecule has 31 heavy (non-hydrogen) atoms. The van der Waals surface area contributed by atoms with Crippen LogP contribution in [-0.4, -0.2) is 38.5 Å². The van der Waals surface area contributed by atoms with E-state index in [1.807, 2.05) is 12.3 Å². The van der Waals surface area contributed by atoms with Crippen LogP contribution in [0.5, 0.6) is 0 Å². The number of fused-ring (bicyclic) bond motifs is 1. The number of nitrogens with zero attached hydrogens (tertiary/aromatic N) is 4. The summed E-state index contributed by atoms with van der Waals surface area (Å²) in [6, 6.07) is 12.8. The number of carbonyl (C=O) groups is 1. The fourth-order valence-corrected chi connectivity index (χ4v) is 4.66. The molecule has 3 aliphatic rings. The van der Waals surface area contributed by atoms with E-state index in [-0.39, 0.29) is 11.8 Å². The number of hydrogen-bond donors (Lipinski definition) is 1. The van der Waals surface area contributed by atoms with Gasteiger partial charge in [0.25, 0.3) is 0 Å². The third-order valence-electron chi connectivity index (χ3n) is 6.93. The van der Waals surface area contributed by atoms with Gasteiger partial charge in [-0.15, -0.1) is 5.10 Å². The first kappa shape index (κ1) is 19.0. The number of carbonyl (C=O) groups excluding carboxylic acids is 1. The normalized spacial score (nSPS) is 19.5. The van der Waals surface area contributed by atoms with E-state index in [9.17, 15) is 4.79 Å². The summed E-state index contributed by atoms with van der Waals surface area (Å²) in [6.45, 7) is 3.54. The second kappa shape index (κ2) is 7.75. The Morgan fingerprint density at radius 3 is 2.52 bits per heavy atom. The molecular formula is C25H29N5O. The van der Waals surface area contributed by atoms with Crippen molar-refractivity contribution in [1.29, 1.82) is 0 Å². The Balaban J connectivity index is 1.11. The van der Waals surface area contributed by atoms with Gasteiger partial charge in [0.2, 0.25) is 11.9 Å². The molecule has 3 heterocycles. The molecule has 1 aliphatic heterocycles. The molecule has 3 aromatic rings. The zero-order valence-electron chi connectivity index (χ0n) is 17.8. The smallest absolute Gasteiger partial charge is 0.249 e. The molecule has 0 bridgehead atoms. The van der Waals surface area contributed by atoms with Crippen LogP contribution in [0.2, 0.25) is 0 Å². The van der Waals surface area contributed by atoms with Gasteiger partial charge in [0.1, 0.15) is 0 Å². The standard InChI is InChI=1S/C25H29N5O/c31-24(21-11-12-21)27-25-26-23-22(2-1-13-30(23)28-25)20-9-7-18(8-10-20)14-29-15-19(16-29)6-5-17-3-4-17/h1-2,7-10,13,17,19,21H,3-6,11-12,14-16H2,(H,27,28,31). The lowest BCUT2D eigenvalue weighted by Gasteiger charge is -2.39. The molecule has 2 aromatic heterocycles. The Labute approximate surface area is 182 Å². The lowest BCUT2D eigenvalue weighted by atomic mass is 9.93. The van der Waals surface area contributed by atoms with Crippen molar-refractivity contribution in [2.45, 2.75) is 45.1 Å². The number of rotatable bonds is 8. The predicted molar refractivity (Wildman–Crippen MR) is 121 cm³/mol. The molecule has 6 nitrogen and oxygen atoms in total. The van der Waals surface area contributed by atoms with Crippen LogP contribution >= 0.6 is 0 Å². The fraction of sp³-hybridized carbons (Fsp3) is 0.480. The van der Waals surface area contributed by atoms with Crippen molar-refractivity contribution in [3.63, 3.8) is 0 Å². The van der Waals surface area contributed by atoms with Gasteiger partial charge in [-0.1, -0.05) is 43.5 Å². The van der Waals surface area contributed by atoms with Crippen molar-refractivity contribution >= 4 is 17.5 Å². The van der Waals surface area contributed by atoms with Crippen LogP contribution < -0.4 is 5.32 Å². The van der Waals surface area contributed by atoms with Gasteiger partial charge in [-0.3, -0.25) is 15.0 Å². The number of pyridine rings is 1. The number of aromatic nitrogens is 3. The van der Waals surface area contributed by atoms with Crippen LogP contribution in [0.15, 0.2) is 42.6 Å². The van der Waals surface area contributed by atoms with Crippen LogP contribution in [0, 0.1) is 17.8 Å². The van der Waals surface area contributed by atoms with E-state index in [4.69, 9.17) is 0 Å². The Hall–Kier alpha value is -2.73. The molecule has 3 fully saturated rings. The lowest BCUT2D eigenvalue weighted by molar-refractivity contribution is -0.117. The quantitative estimate of drug-likeness (QED) is 0.594. The highest BCUT2D eigenvalue weighted by atomic mass is 16.2. The third-order valence-corrected chi connectivity index (χ3v) is 6.93. The second-order valence-corrected chi connectivity index (χ2v) is 9.67. The van der Waals surface area contributed by atoms with E-state index in [2.05, 4.69) is 50.6 Å². The molecule has 6 heteroatoms. The number of benzene rings is 1. The molecule has 0 atom stereocenters. The van der Waals surface area contributed by atoms with Gasteiger partial charge in [0, 0.05) is 37.3 Å². The average Bonchev–Trinajstić information content (AvgIpc) is 3.67. The van der Waals surface area contributed by atoms with Crippen molar-refractivity contribution < 1.29 is 4.79 Å². The summed E-state index contributed by atoms with van der Waals surface area (Å²) in [6.07, 6.45) is 9.63. The predicted octanol–water partition coefficient (Wildman–Crippen LogP) is 4.37. The molecule has 160 valence electrons. The summed E-state index contributed by atoms with van der Waals surface area (Å²) in [5, 5.41) is 7.28. The number of likely N-dealkylation sites (tertiary alicyclic amines) is 1. The van der Waals surface area contributed by atoms with Crippen LogP contribution in [0.3, 0.4) is 0 Å². The van der Waals surface area contributed by atoms with Gasteiger partial charge in [0.15, 0.2) is 5.65 Å². The van der Waals surface area contributed by atoms with Gasteiger partial charge in [0.05, 0.1) is 0 Å². The molecule has 1 saturated heterocycles. The number of hydrogen-bond acceptors (Lipinski definition) is 4. The third kappa shape index (κ3) is 4.22. The maximum atomic E-state index is 12.0. The van der Waals surface area contributed by atoms with Crippen LogP contribution in [0.1, 0.15) is 44.1 Å². The summed E-state index contributed by atoms with van der Waals surface area (Å²) in [4.78, 5) is 19.2. The lowest BCUT2D eigenvalue weighted by Crippen LogP contribution is -2.45. The Morgan fingerprint density at radius 2 is 1.77 bits per heavy atom. The molecular weight excluding hydrogens is 386 g/mol. The molecule has 1 amide bonds. The molecule has 6 rings (SSSR count). The van der Waals surface area contributed by atoms with Gasteiger partial charge >= 0.3 is 0 Å². The van der Waals surface area contributed by atoms with Crippen molar-refractivity contribution in [3.8, 4) is 11.1 Å². The van der Waals surface area contributed by atoms with E-state index >= 15 is 0 Å². The summed E-state index contributed by atoms with van der Waals surface area (Å²) >= 11 is 0. The summed E-state index contributed by atoms with van der Waals surface area (Å²) < 4.78 is 1.74. The first-order valence-corrected chi connectivity index (χ1v) is 11.7.